The number of hydrogen-bond acceptors (Lipinski definition) is 4. The van der Waals surface area contributed by atoms with E-state index in [4.69, 9.17) is 0 Å². The standard InChI is InChI=1S/C11H18N2O3S/c1-9(2)7-10(14)8-13-17(15,16)11-5-3-4-6-12-11/h3-6,9-10,13-14H,7-8H2,1-2H3. The first kappa shape index (κ1) is 14.1. The molecule has 0 bridgehead atoms. The van der Waals surface area contributed by atoms with Gasteiger partial charge in [-0.15, -0.1) is 0 Å². The van der Waals surface area contributed by atoms with Gasteiger partial charge in [0, 0.05) is 12.7 Å². The first-order valence-corrected chi connectivity index (χ1v) is 6.99. The largest absolute Gasteiger partial charge is 0.392 e. The van der Waals surface area contributed by atoms with Gasteiger partial charge in [0.25, 0.3) is 10.0 Å². The summed E-state index contributed by atoms with van der Waals surface area (Å²) in [6.45, 7) is 3.95. The van der Waals surface area contributed by atoms with Gasteiger partial charge in [0.1, 0.15) is 0 Å². The Hall–Kier alpha value is -0.980. The second-order valence-corrected chi connectivity index (χ2v) is 6.02. The third kappa shape index (κ3) is 4.80. The second kappa shape index (κ2) is 6.09. The van der Waals surface area contributed by atoms with Crippen LogP contribution in [0, 0.1) is 5.92 Å². The van der Waals surface area contributed by atoms with Crippen LogP contribution in [0.5, 0.6) is 0 Å². The summed E-state index contributed by atoms with van der Waals surface area (Å²) in [6, 6.07) is 4.66. The number of rotatable bonds is 6. The third-order valence-electron chi connectivity index (χ3n) is 2.17. The van der Waals surface area contributed by atoms with Crippen LogP contribution in [-0.4, -0.2) is 31.2 Å². The van der Waals surface area contributed by atoms with E-state index in [9.17, 15) is 13.5 Å². The fraction of sp³-hybridized carbons (Fsp3) is 0.545. The summed E-state index contributed by atoms with van der Waals surface area (Å²) in [5, 5.41) is 9.55. The molecule has 96 valence electrons. The second-order valence-electron chi connectivity index (χ2n) is 4.30. The number of hydrogen-bond donors (Lipinski definition) is 2. The lowest BCUT2D eigenvalue weighted by Gasteiger charge is -2.13. The van der Waals surface area contributed by atoms with Gasteiger partial charge in [-0.1, -0.05) is 19.9 Å². The van der Waals surface area contributed by atoms with Gasteiger partial charge in [0.05, 0.1) is 6.10 Å². The Bertz CT molecular complexity index is 431. The Morgan fingerprint density at radius 1 is 1.41 bits per heavy atom. The lowest BCUT2D eigenvalue weighted by molar-refractivity contribution is 0.152. The number of aliphatic hydroxyl groups excluding tert-OH is 1. The van der Waals surface area contributed by atoms with E-state index < -0.39 is 16.1 Å². The van der Waals surface area contributed by atoms with Crippen LogP contribution in [0.4, 0.5) is 0 Å². The minimum atomic E-state index is -3.61. The number of aromatic nitrogens is 1. The summed E-state index contributed by atoms with van der Waals surface area (Å²) in [4.78, 5) is 3.76. The molecule has 0 fully saturated rings. The number of pyridine rings is 1. The van der Waals surface area contributed by atoms with Gasteiger partial charge in [0.2, 0.25) is 0 Å². The first-order valence-electron chi connectivity index (χ1n) is 5.50. The predicted molar refractivity (Wildman–Crippen MR) is 64.9 cm³/mol. The zero-order chi connectivity index (χ0) is 12.9. The van der Waals surface area contributed by atoms with Crippen LogP contribution in [0.25, 0.3) is 0 Å². The van der Waals surface area contributed by atoms with E-state index in [1.54, 1.807) is 12.1 Å². The van der Waals surface area contributed by atoms with Crippen molar-refractivity contribution in [3.05, 3.63) is 24.4 Å². The van der Waals surface area contributed by atoms with Crippen molar-refractivity contribution in [1.29, 1.82) is 0 Å². The van der Waals surface area contributed by atoms with Crippen molar-refractivity contribution in [2.45, 2.75) is 31.4 Å². The fourth-order valence-corrected chi connectivity index (χ4v) is 2.43. The number of aliphatic hydroxyl groups is 1. The van der Waals surface area contributed by atoms with E-state index in [1.807, 2.05) is 13.8 Å². The molecular formula is C11H18N2O3S. The molecule has 0 radical (unpaired) electrons. The maximum absolute atomic E-state index is 11.7. The summed E-state index contributed by atoms with van der Waals surface area (Å²) in [6.07, 6.45) is 1.30. The molecule has 0 spiro atoms. The van der Waals surface area contributed by atoms with E-state index >= 15 is 0 Å². The molecule has 1 atom stereocenters. The fourth-order valence-electron chi connectivity index (χ4n) is 1.41. The van der Waals surface area contributed by atoms with E-state index in [1.165, 1.54) is 12.3 Å². The molecule has 1 unspecified atom stereocenters. The Morgan fingerprint density at radius 2 is 2.12 bits per heavy atom. The molecule has 17 heavy (non-hydrogen) atoms. The molecule has 0 amide bonds. The molecular weight excluding hydrogens is 240 g/mol. The molecule has 1 rings (SSSR count). The highest BCUT2D eigenvalue weighted by atomic mass is 32.2. The lowest BCUT2D eigenvalue weighted by Crippen LogP contribution is -2.33. The molecule has 1 heterocycles. The van der Waals surface area contributed by atoms with E-state index in [2.05, 4.69) is 9.71 Å². The summed E-state index contributed by atoms with van der Waals surface area (Å²) in [5.41, 5.74) is 0. The Balaban J connectivity index is 2.57. The molecule has 0 aliphatic rings. The SMILES string of the molecule is CC(C)CC(O)CNS(=O)(=O)c1ccccn1. The quantitative estimate of drug-likeness (QED) is 0.790. The zero-order valence-corrected chi connectivity index (χ0v) is 10.8. The summed E-state index contributed by atoms with van der Waals surface area (Å²) >= 11 is 0. The highest BCUT2D eigenvalue weighted by Crippen LogP contribution is 2.06. The molecule has 1 aromatic rings. The smallest absolute Gasteiger partial charge is 0.258 e. The van der Waals surface area contributed by atoms with Gasteiger partial charge >= 0.3 is 0 Å². The van der Waals surface area contributed by atoms with Gasteiger partial charge in [-0.05, 0) is 24.5 Å². The molecule has 1 aromatic heterocycles. The highest BCUT2D eigenvalue weighted by molar-refractivity contribution is 7.89. The van der Waals surface area contributed by atoms with Crippen LogP contribution in [0.1, 0.15) is 20.3 Å². The number of sulfonamides is 1. The normalized spacial score (nSPS) is 13.9. The summed E-state index contributed by atoms with van der Waals surface area (Å²) in [7, 11) is -3.61. The van der Waals surface area contributed by atoms with Gasteiger partial charge in [-0.2, -0.15) is 0 Å². The van der Waals surface area contributed by atoms with Gasteiger partial charge in [-0.3, -0.25) is 0 Å². The monoisotopic (exact) mass is 258 g/mol. The van der Waals surface area contributed by atoms with Gasteiger partial charge < -0.3 is 5.11 Å². The molecule has 0 aliphatic carbocycles. The number of nitrogens with one attached hydrogen (secondary N) is 1. The van der Waals surface area contributed by atoms with Crippen molar-refractivity contribution in [1.82, 2.24) is 9.71 Å². The van der Waals surface area contributed by atoms with E-state index in [-0.39, 0.29) is 11.6 Å². The molecule has 6 heteroatoms. The van der Waals surface area contributed by atoms with Crippen LogP contribution in [-0.2, 0) is 10.0 Å². The lowest BCUT2D eigenvalue weighted by atomic mass is 10.1. The van der Waals surface area contributed by atoms with Crippen LogP contribution < -0.4 is 4.72 Å². The summed E-state index contributed by atoms with van der Waals surface area (Å²) in [5.74, 6) is 0.323. The first-order chi connectivity index (χ1) is 7.92. The van der Waals surface area contributed by atoms with Crippen molar-refractivity contribution in [3.63, 3.8) is 0 Å². The van der Waals surface area contributed by atoms with E-state index in [0.717, 1.165) is 0 Å². The predicted octanol–water partition coefficient (Wildman–Crippen LogP) is 0.767. The van der Waals surface area contributed by atoms with Crippen LogP contribution in [0.3, 0.4) is 0 Å². The van der Waals surface area contributed by atoms with Crippen molar-refractivity contribution >= 4 is 10.0 Å². The minimum Gasteiger partial charge on any atom is -0.392 e. The Morgan fingerprint density at radius 3 is 2.65 bits per heavy atom. The van der Waals surface area contributed by atoms with E-state index in [0.29, 0.717) is 12.3 Å². The van der Waals surface area contributed by atoms with Gasteiger partial charge in [-0.25, -0.2) is 18.1 Å². The molecule has 2 N–H and O–H groups in total. The average Bonchev–Trinajstić information content (AvgIpc) is 2.27. The Kier molecular flexibility index (Phi) is 5.04. The third-order valence-corrected chi connectivity index (χ3v) is 3.50. The Labute approximate surface area is 102 Å². The van der Waals surface area contributed by atoms with Crippen molar-refractivity contribution < 1.29 is 13.5 Å². The van der Waals surface area contributed by atoms with Crippen molar-refractivity contribution in [3.8, 4) is 0 Å². The van der Waals surface area contributed by atoms with Crippen LogP contribution >= 0.6 is 0 Å². The number of nitrogens with zero attached hydrogens (tertiary/aromatic N) is 1. The van der Waals surface area contributed by atoms with Crippen molar-refractivity contribution in [2.24, 2.45) is 5.92 Å². The highest BCUT2D eigenvalue weighted by Gasteiger charge is 2.16. The van der Waals surface area contributed by atoms with Crippen LogP contribution in [0.15, 0.2) is 29.4 Å². The molecule has 0 aromatic carbocycles. The molecule has 5 nitrogen and oxygen atoms in total. The maximum atomic E-state index is 11.7. The minimum absolute atomic E-state index is 0.0110. The van der Waals surface area contributed by atoms with Crippen molar-refractivity contribution in [2.75, 3.05) is 6.54 Å². The maximum Gasteiger partial charge on any atom is 0.258 e. The average molecular weight is 258 g/mol. The summed E-state index contributed by atoms with van der Waals surface area (Å²) < 4.78 is 25.8. The molecule has 0 aliphatic heterocycles. The molecule has 0 saturated heterocycles. The van der Waals surface area contributed by atoms with Crippen LogP contribution in [0.2, 0.25) is 0 Å². The zero-order valence-electron chi connectivity index (χ0n) is 10.00. The van der Waals surface area contributed by atoms with Gasteiger partial charge in [0.15, 0.2) is 5.03 Å². The topological polar surface area (TPSA) is 79.3 Å². The molecule has 0 saturated carbocycles.